The zero-order valence-corrected chi connectivity index (χ0v) is 24.0. The summed E-state index contributed by atoms with van der Waals surface area (Å²) in [6.07, 6.45) is 6.65. The molecular formula is C27H40N6O7S. The fraction of sp³-hybridized carbons (Fsp3) is 0.519. The van der Waals surface area contributed by atoms with E-state index in [1.165, 1.54) is 12.2 Å². The number of phenolic OH excluding ortho intramolecular Hbond substituents is 1. The number of hydrogen-bond donors (Lipinski definition) is 4. The highest BCUT2D eigenvalue weighted by atomic mass is 32.1. The number of anilines is 1. The summed E-state index contributed by atoms with van der Waals surface area (Å²) < 4.78 is 21.7. The van der Waals surface area contributed by atoms with E-state index in [0.29, 0.717) is 70.9 Å². The van der Waals surface area contributed by atoms with Crippen molar-refractivity contribution < 1.29 is 33.6 Å². The highest BCUT2D eigenvalue weighted by Gasteiger charge is 2.22. The Kier molecular flexibility index (Phi) is 17.6. The summed E-state index contributed by atoms with van der Waals surface area (Å²) in [7, 11) is 0. The van der Waals surface area contributed by atoms with Crippen LogP contribution in [0.4, 0.5) is 5.69 Å². The minimum atomic E-state index is -0.311. The minimum Gasteiger partial charge on any atom is -0.508 e. The van der Waals surface area contributed by atoms with E-state index in [9.17, 15) is 14.7 Å². The van der Waals surface area contributed by atoms with Crippen LogP contribution < -0.4 is 16.5 Å². The second-order valence-corrected chi connectivity index (χ2v) is 9.06. The van der Waals surface area contributed by atoms with Crippen LogP contribution in [0.3, 0.4) is 0 Å². The van der Waals surface area contributed by atoms with Gasteiger partial charge in [-0.2, -0.15) is 5.10 Å². The first-order chi connectivity index (χ1) is 20.0. The number of ether oxygens (including phenoxy) is 4. The molecular weight excluding hydrogens is 552 g/mol. The van der Waals surface area contributed by atoms with Gasteiger partial charge in [0.15, 0.2) is 5.11 Å². The van der Waals surface area contributed by atoms with Crippen molar-refractivity contribution in [3.8, 4) is 5.75 Å². The van der Waals surface area contributed by atoms with Crippen LogP contribution in [0.5, 0.6) is 5.75 Å². The van der Waals surface area contributed by atoms with Crippen LogP contribution in [0.25, 0.3) is 0 Å². The zero-order valence-electron chi connectivity index (χ0n) is 23.2. The molecule has 13 nitrogen and oxygen atoms in total. The van der Waals surface area contributed by atoms with E-state index in [2.05, 4.69) is 20.7 Å². The monoisotopic (exact) mass is 592 g/mol. The third-order valence-electron chi connectivity index (χ3n) is 5.52. The Balaban J connectivity index is 1.33. The smallest absolute Gasteiger partial charge is 0.253 e. The van der Waals surface area contributed by atoms with Gasteiger partial charge in [0.25, 0.3) is 11.8 Å². The van der Waals surface area contributed by atoms with Gasteiger partial charge < -0.3 is 40.5 Å². The number of aliphatic imine (C=N–C) groups is 1. The fourth-order valence-electron chi connectivity index (χ4n) is 3.37. The van der Waals surface area contributed by atoms with Crippen LogP contribution >= 0.6 is 12.2 Å². The molecule has 0 radical (unpaired) electrons. The maximum absolute atomic E-state index is 11.4. The highest BCUT2D eigenvalue weighted by Crippen LogP contribution is 2.13. The topological polar surface area (TPSA) is 169 Å². The molecule has 0 saturated heterocycles. The maximum Gasteiger partial charge on any atom is 0.253 e. The van der Waals surface area contributed by atoms with Gasteiger partial charge in [-0.3, -0.25) is 19.5 Å². The number of hydrazone groups is 1. The number of amides is 2. The quantitative estimate of drug-likeness (QED) is 0.0290. The number of benzene rings is 1. The van der Waals surface area contributed by atoms with Gasteiger partial charge in [-0.15, -0.1) is 0 Å². The Bertz CT molecular complexity index is 1000. The van der Waals surface area contributed by atoms with E-state index < -0.39 is 0 Å². The van der Waals surface area contributed by atoms with Gasteiger partial charge in [-0.25, -0.2) is 0 Å². The molecule has 0 saturated carbocycles. The van der Waals surface area contributed by atoms with E-state index in [0.717, 1.165) is 29.1 Å². The maximum atomic E-state index is 11.4. The molecule has 1 heterocycles. The Labute approximate surface area is 245 Å². The van der Waals surface area contributed by atoms with Crippen LogP contribution in [-0.2, 0) is 28.5 Å². The Morgan fingerprint density at radius 2 is 1.49 bits per heavy atom. The van der Waals surface area contributed by atoms with Crippen molar-refractivity contribution in [3.63, 3.8) is 0 Å². The Morgan fingerprint density at radius 1 is 0.902 bits per heavy atom. The van der Waals surface area contributed by atoms with Gasteiger partial charge in [-0.1, -0.05) is 0 Å². The summed E-state index contributed by atoms with van der Waals surface area (Å²) in [6, 6.07) is 6.68. The molecule has 0 aliphatic carbocycles. The van der Waals surface area contributed by atoms with Crippen molar-refractivity contribution in [2.24, 2.45) is 15.9 Å². The van der Waals surface area contributed by atoms with E-state index in [-0.39, 0.29) is 30.7 Å². The SMILES string of the molecule is N/N=C(\C=NCCOCCOCCOCCOCCN1C(=O)C=CC1=O)CCCCNC(=S)Nc1ccc(O)cc1. The van der Waals surface area contributed by atoms with Crippen LogP contribution in [-0.4, -0.2) is 111 Å². The lowest BCUT2D eigenvalue weighted by atomic mass is 10.2. The summed E-state index contributed by atoms with van der Waals surface area (Å²) in [5, 5.41) is 19.8. The van der Waals surface area contributed by atoms with Gasteiger partial charge in [0.2, 0.25) is 0 Å². The summed E-state index contributed by atoms with van der Waals surface area (Å²) in [5.74, 6) is 5.05. The number of rotatable bonds is 22. The number of nitrogens with two attached hydrogens (primary N) is 1. The van der Waals surface area contributed by atoms with Crippen LogP contribution in [0.1, 0.15) is 19.3 Å². The minimum absolute atomic E-state index is 0.205. The van der Waals surface area contributed by atoms with Crippen molar-refractivity contribution in [3.05, 3.63) is 36.4 Å². The second kappa shape index (κ2) is 21.3. The van der Waals surface area contributed by atoms with Crippen molar-refractivity contribution >= 4 is 46.8 Å². The number of carbonyl (C=O) groups excluding carboxylic acids is 2. The fourth-order valence-corrected chi connectivity index (χ4v) is 3.59. The molecule has 5 N–H and O–H groups in total. The number of hydrogen-bond acceptors (Lipinski definition) is 11. The predicted octanol–water partition coefficient (Wildman–Crippen LogP) is 1.23. The Morgan fingerprint density at radius 3 is 2.10 bits per heavy atom. The third kappa shape index (κ3) is 15.8. The molecule has 0 spiro atoms. The van der Waals surface area contributed by atoms with Gasteiger partial charge in [0, 0.05) is 30.6 Å². The number of unbranched alkanes of at least 4 members (excludes halogenated alkanes) is 1. The lowest BCUT2D eigenvalue weighted by Crippen LogP contribution is -2.33. The molecule has 41 heavy (non-hydrogen) atoms. The van der Waals surface area contributed by atoms with Gasteiger partial charge in [-0.05, 0) is 55.7 Å². The molecule has 2 rings (SSSR count). The molecule has 1 aromatic carbocycles. The molecule has 1 aromatic rings. The normalized spacial score (nSPS) is 13.5. The number of imide groups is 1. The lowest BCUT2D eigenvalue weighted by Gasteiger charge is -2.13. The first-order valence-electron chi connectivity index (χ1n) is 13.4. The number of nitrogens with zero attached hydrogens (tertiary/aromatic N) is 3. The molecule has 2 amide bonds. The zero-order chi connectivity index (χ0) is 29.5. The van der Waals surface area contributed by atoms with Gasteiger partial charge in [0.1, 0.15) is 5.75 Å². The Hall–Kier alpha value is -3.43. The standard InChI is InChI=1S/C27H40N6O7S/c28-32-23(3-1-2-10-30-27(41)31-22-4-6-24(34)7-5-22)21-29-11-13-37-15-17-39-19-20-40-18-16-38-14-12-33-25(35)8-9-26(33)36/h4-9,21,34H,1-3,10-20,28H2,(H2,30,31,41)/b29-21?,32-23-. The van der Waals surface area contributed by atoms with Crippen molar-refractivity contribution in [1.82, 2.24) is 10.2 Å². The molecule has 0 unspecified atom stereocenters. The van der Waals surface area contributed by atoms with E-state index in [1.807, 2.05) is 0 Å². The van der Waals surface area contributed by atoms with Crippen molar-refractivity contribution in [1.29, 1.82) is 0 Å². The number of aromatic hydroxyl groups is 1. The van der Waals surface area contributed by atoms with Crippen LogP contribution in [0.2, 0.25) is 0 Å². The highest BCUT2D eigenvalue weighted by molar-refractivity contribution is 7.80. The molecule has 14 heteroatoms. The second-order valence-electron chi connectivity index (χ2n) is 8.65. The molecule has 226 valence electrons. The van der Waals surface area contributed by atoms with Gasteiger partial charge in [0.05, 0.1) is 71.7 Å². The molecule has 0 fully saturated rings. The summed E-state index contributed by atoms with van der Waals surface area (Å²) in [5.41, 5.74) is 1.52. The first kappa shape index (κ1) is 33.8. The third-order valence-corrected chi connectivity index (χ3v) is 5.76. The van der Waals surface area contributed by atoms with Crippen molar-refractivity contribution in [2.45, 2.75) is 19.3 Å². The molecule has 0 aromatic heterocycles. The largest absolute Gasteiger partial charge is 0.508 e. The average Bonchev–Trinajstić information content (AvgIpc) is 3.29. The number of thiocarbonyl (C=S) groups is 1. The first-order valence-corrected chi connectivity index (χ1v) is 13.9. The predicted molar refractivity (Wildman–Crippen MR) is 160 cm³/mol. The summed E-state index contributed by atoms with van der Waals surface area (Å²) in [4.78, 5) is 28.2. The summed E-state index contributed by atoms with van der Waals surface area (Å²) >= 11 is 5.26. The van der Waals surface area contributed by atoms with E-state index in [4.69, 9.17) is 37.0 Å². The van der Waals surface area contributed by atoms with E-state index >= 15 is 0 Å². The lowest BCUT2D eigenvalue weighted by molar-refractivity contribution is -0.137. The van der Waals surface area contributed by atoms with Crippen LogP contribution in [0, 0.1) is 0 Å². The summed E-state index contributed by atoms with van der Waals surface area (Å²) in [6.45, 7) is 4.73. The van der Waals surface area contributed by atoms with Crippen LogP contribution in [0.15, 0.2) is 46.5 Å². The molecule has 0 atom stereocenters. The van der Waals surface area contributed by atoms with Crippen molar-refractivity contribution in [2.75, 3.05) is 77.8 Å². The van der Waals surface area contributed by atoms with E-state index in [1.54, 1.807) is 30.5 Å². The number of carbonyl (C=O) groups is 2. The molecule has 0 bridgehead atoms. The number of phenols is 1. The van der Waals surface area contributed by atoms with Gasteiger partial charge >= 0.3 is 0 Å². The number of nitrogens with one attached hydrogen (secondary N) is 2. The average molecular weight is 593 g/mol. The molecule has 1 aliphatic heterocycles. The molecule has 1 aliphatic rings.